The van der Waals surface area contributed by atoms with Gasteiger partial charge in [0.25, 0.3) is 0 Å². The Bertz CT molecular complexity index is 5030. The van der Waals surface area contributed by atoms with Gasteiger partial charge in [0.1, 0.15) is 78.5 Å². The maximum Gasteiger partial charge on any atom is 0.246 e. The number of nitrogens with zero attached hydrogens (tertiary/aromatic N) is 6. The molecule has 5 heterocycles. The van der Waals surface area contributed by atoms with Crippen molar-refractivity contribution < 1.29 is 86.6 Å². The molecule has 0 radical (unpaired) electrons. The minimum atomic E-state index is -1.85. The van der Waals surface area contributed by atoms with Gasteiger partial charge in [-0.05, 0) is 80.2 Å². The summed E-state index contributed by atoms with van der Waals surface area (Å²) < 4.78 is 0. The molecule has 8 rings (SSSR count). The van der Waals surface area contributed by atoms with Gasteiger partial charge in [-0.15, -0.1) is 11.8 Å². The standard InChI is InChI=1S/C88H124N24O18S/c1-10-12-30-67-81(124)101-59(29-21-33-94-88(91)92)77(120)106-66(76(119)97-43-71(90)115)46-131-47-73(117)100-62(35-51-23-15-14-16-24-51)83(126)109(7)50(5)75(118)103-64(39-70(89)114)85(128)112-34-22-32-68(112)82(125)102-61(38-54-42-93-48-98-54)79(122)107-74(49(3)4)87(130)108(6)44-72(116)99-60(36-52-40-95-57-27-19-17-25-55(52)57)78(121)105-65(45-113)80(123)104-63(37-53-41-96-58-28-20-18-26-56(53)58)84(127)111(9)69(31-13-11-2)86(129)110(67)8/h14-20,23-28,40-42,48-50,59-69,74,95-96,113H,10-13,21-22,29-39,43-47H2,1-9H3,(H2,89,114)(H2,90,115)(H,93,98)(H,97,119)(H,99,116)(H,100,117)(H,101,124)(H,102,125)(H,103,118)(H,104,123)(H,105,121)(H,106,120)(H,107,122)(H4,91,92,94)/t50-,59-,60-,61-,62-,63-,64-,65-,66-,67-,68-,69-,74-/m0/s1. The molecule has 13 atom stereocenters. The third kappa shape index (κ3) is 29.5. The van der Waals surface area contributed by atoms with Crippen LogP contribution in [0, 0.1) is 11.3 Å². The minimum Gasteiger partial charge on any atom is -0.394 e. The third-order valence-corrected chi connectivity index (χ3v) is 24.1. The molecule has 3 aromatic carbocycles. The zero-order valence-corrected chi connectivity index (χ0v) is 76.0. The van der Waals surface area contributed by atoms with E-state index in [1.54, 1.807) is 105 Å². The van der Waals surface area contributed by atoms with Crippen LogP contribution in [-0.2, 0) is 107 Å². The number of amides is 17. The molecule has 43 heteroatoms. The number of hydrogen-bond acceptors (Lipinski definition) is 21. The Kier molecular flexibility index (Phi) is 39.2. The molecule has 2 aliphatic heterocycles. The van der Waals surface area contributed by atoms with Gasteiger partial charge >= 0.3 is 0 Å². The molecule has 0 aliphatic carbocycles. The topological polar surface area (TPSA) is 621 Å². The number of thioether (sulfide) groups is 1. The number of likely N-dealkylation sites (N-methyl/N-ethyl adjacent to an activating group) is 4. The van der Waals surface area contributed by atoms with Gasteiger partial charge in [-0.25, -0.2) is 4.98 Å². The van der Waals surface area contributed by atoms with Gasteiger partial charge in [-0.1, -0.05) is 120 Å². The summed E-state index contributed by atoms with van der Waals surface area (Å²) in [6.07, 6.45) is 6.01. The number of carbonyl (C=O) groups is 17. The highest BCUT2D eigenvalue weighted by molar-refractivity contribution is 8.00. The van der Waals surface area contributed by atoms with Gasteiger partial charge in [0.15, 0.2) is 5.96 Å². The second kappa shape index (κ2) is 49.9. The van der Waals surface area contributed by atoms with Crippen molar-refractivity contribution in [3.05, 3.63) is 126 Å². The molecule has 0 unspecified atom stereocenters. The van der Waals surface area contributed by atoms with Crippen LogP contribution in [0.2, 0.25) is 0 Å². The number of nitrogens with two attached hydrogens (primary N) is 3. The molecule has 3 aromatic heterocycles. The first kappa shape index (κ1) is 103. The van der Waals surface area contributed by atoms with Gasteiger partial charge in [0.2, 0.25) is 100 Å². The maximum atomic E-state index is 15.7. The first-order valence-electron chi connectivity index (χ1n) is 43.7. The normalized spacial score (nSPS) is 23.6. The highest BCUT2D eigenvalue weighted by Gasteiger charge is 2.44. The van der Waals surface area contributed by atoms with E-state index in [1.807, 2.05) is 13.8 Å². The van der Waals surface area contributed by atoms with Crippen LogP contribution in [0.5, 0.6) is 0 Å². The van der Waals surface area contributed by atoms with E-state index in [9.17, 15) is 62.6 Å². The van der Waals surface area contributed by atoms with Crippen molar-refractivity contribution in [1.82, 2.24) is 103 Å². The number of rotatable bonds is 25. The molecule has 22 N–H and O–H groups in total. The predicted octanol–water partition coefficient (Wildman–Crippen LogP) is -2.53. The summed E-state index contributed by atoms with van der Waals surface area (Å²) in [4.78, 5) is 267. The molecule has 2 saturated heterocycles. The third-order valence-electron chi connectivity index (χ3n) is 23.0. The summed E-state index contributed by atoms with van der Waals surface area (Å²) in [5.74, 6) is -17.6. The second-order valence-electron chi connectivity index (χ2n) is 33.2. The molecule has 0 bridgehead atoms. The lowest BCUT2D eigenvalue weighted by molar-refractivity contribution is -0.149. The van der Waals surface area contributed by atoms with E-state index in [4.69, 9.17) is 22.6 Å². The number of hydrogen-bond donors (Lipinski definition) is 19. The van der Waals surface area contributed by atoms with Crippen molar-refractivity contribution in [3.63, 3.8) is 0 Å². The Morgan fingerprint density at radius 2 is 1.08 bits per heavy atom. The fourth-order valence-corrected chi connectivity index (χ4v) is 16.4. The molecular formula is C88H124N24O18S. The average molecular weight is 1840 g/mol. The fourth-order valence-electron chi connectivity index (χ4n) is 15.6. The number of nitrogens with one attached hydrogen (secondary N) is 15. The van der Waals surface area contributed by atoms with E-state index >= 15 is 24.0 Å². The van der Waals surface area contributed by atoms with Crippen molar-refractivity contribution in [2.24, 2.45) is 23.1 Å². The van der Waals surface area contributed by atoms with E-state index in [2.05, 4.69) is 78.4 Å². The smallest absolute Gasteiger partial charge is 0.246 e. The molecular weight excluding hydrogens is 1710 g/mol. The summed E-state index contributed by atoms with van der Waals surface area (Å²) in [5, 5.41) is 49.3. The Labute approximate surface area is 762 Å². The molecule has 710 valence electrons. The zero-order valence-electron chi connectivity index (χ0n) is 75.2. The van der Waals surface area contributed by atoms with Crippen molar-refractivity contribution in [2.75, 3.05) is 72.5 Å². The van der Waals surface area contributed by atoms with E-state index < -0.39 is 228 Å². The Morgan fingerprint density at radius 1 is 0.542 bits per heavy atom. The molecule has 0 spiro atoms. The first-order valence-corrected chi connectivity index (χ1v) is 44.9. The van der Waals surface area contributed by atoms with Crippen molar-refractivity contribution >= 4 is 140 Å². The number of imidazole rings is 1. The number of aromatic amines is 3. The summed E-state index contributed by atoms with van der Waals surface area (Å²) in [7, 11) is 5.23. The van der Waals surface area contributed by atoms with Gasteiger partial charge in [-0.2, -0.15) is 0 Å². The lowest BCUT2D eigenvalue weighted by Crippen LogP contribution is -2.61. The quantitative estimate of drug-likeness (QED) is 0.0160. The van der Waals surface area contributed by atoms with Gasteiger partial charge in [0, 0.05) is 119 Å². The Balaban J connectivity index is 1.18. The molecule has 42 nitrogen and oxygen atoms in total. The number of carbonyl (C=O) groups excluding carboxylic acids is 17. The monoisotopic (exact) mass is 1840 g/mol. The zero-order chi connectivity index (χ0) is 95.9. The molecule has 2 aliphatic rings. The SMILES string of the molecule is CCCC[C@H]1C(=O)N(C)[C@@H](CCCC)C(=O)N[C@@H](CCCNC(=N)N)C(=O)N[C@H](C(=O)NCC(N)=O)CSCC(=O)N[C@@H](Cc2ccccc2)C(=O)N(C)[C@@H](C)C(=O)N[C@@H](CC(N)=O)C(=O)N2CCC[C@H]2C(=O)N[C@@H](Cc2cnc[nH]2)C(=O)N[C@@H](C(C)C)C(=O)N(C)CC(=O)N[C@@H](Cc2c[nH]c3ccccc23)C(=O)N[C@@H](CO)C(=O)N[C@@H](Cc2c[nH]c3ccccc23)C(=O)N1C. The van der Waals surface area contributed by atoms with Gasteiger partial charge < -0.3 is 120 Å². The van der Waals surface area contributed by atoms with Crippen LogP contribution in [0.25, 0.3) is 21.8 Å². The molecule has 2 fully saturated rings. The van der Waals surface area contributed by atoms with Crippen LogP contribution in [0.1, 0.15) is 128 Å². The summed E-state index contributed by atoms with van der Waals surface area (Å²) in [6, 6.07) is 2.86. The van der Waals surface area contributed by atoms with E-state index in [0.29, 0.717) is 69.9 Å². The van der Waals surface area contributed by atoms with E-state index in [0.717, 1.165) is 36.3 Å². The Morgan fingerprint density at radius 3 is 1.69 bits per heavy atom. The number of para-hydroxylation sites is 2. The average Bonchev–Trinajstić information content (AvgIpc) is 1.73. The van der Waals surface area contributed by atoms with Crippen molar-refractivity contribution in [2.45, 2.75) is 209 Å². The fraction of sp³-hybridized carbons (Fsp3) is 0.511. The lowest BCUT2D eigenvalue weighted by atomic mass is 10.00. The largest absolute Gasteiger partial charge is 0.394 e. The summed E-state index contributed by atoms with van der Waals surface area (Å²) in [6.45, 7) is 5.59. The first-order chi connectivity index (χ1) is 62.4. The highest BCUT2D eigenvalue weighted by Crippen LogP contribution is 2.26. The van der Waals surface area contributed by atoms with Crippen molar-refractivity contribution in [1.29, 1.82) is 5.41 Å². The second-order valence-corrected chi connectivity index (χ2v) is 34.2. The van der Waals surface area contributed by atoms with Crippen LogP contribution < -0.4 is 75.7 Å². The molecule has 0 saturated carbocycles. The van der Waals surface area contributed by atoms with Crippen LogP contribution >= 0.6 is 11.8 Å². The van der Waals surface area contributed by atoms with Crippen LogP contribution in [0.4, 0.5) is 0 Å². The van der Waals surface area contributed by atoms with Gasteiger partial charge in [0.05, 0.1) is 38.2 Å². The van der Waals surface area contributed by atoms with Crippen LogP contribution in [-0.4, -0.2) is 307 Å². The highest BCUT2D eigenvalue weighted by atomic mass is 32.2. The van der Waals surface area contributed by atoms with E-state index in [1.165, 1.54) is 47.6 Å². The van der Waals surface area contributed by atoms with Crippen molar-refractivity contribution in [3.8, 4) is 0 Å². The minimum absolute atomic E-state index is 0.00137. The summed E-state index contributed by atoms with van der Waals surface area (Å²) >= 11 is 0.794. The van der Waals surface area contributed by atoms with Gasteiger partial charge in [-0.3, -0.25) is 86.9 Å². The Hall–Kier alpha value is -13.5. The molecule has 17 amide bonds. The number of fused-ring (bicyclic) bond motifs is 3. The van der Waals surface area contributed by atoms with Crippen LogP contribution in [0.3, 0.4) is 0 Å². The molecule has 6 aromatic rings. The number of aromatic nitrogens is 4. The predicted molar refractivity (Wildman–Crippen MR) is 485 cm³/mol. The van der Waals surface area contributed by atoms with E-state index in [-0.39, 0.29) is 77.3 Å². The lowest BCUT2D eigenvalue weighted by Gasteiger charge is -2.36. The number of aliphatic hydroxyl groups is 1. The number of primary amides is 2. The number of aliphatic hydroxyl groups excluding tert-OH is 1. The maximum absolute atomic E-state index is 15.7. The van der Waals surface area contributed by atoms with Crippen LogP contribution in [0.15, 0.2) is 104 Å². The number of guanidine groups is 1. The number of unbranched alkanes of at least 4 members (excludes halogenated alkanes) is 2. The molecule has 131 heavy (non-hydrogen) atoms. The number of H-pyrrole nitrogens is 3. The number of benzene rings is 3. The summed E-state index contributed by atoms with van der Waals surface area (Å²) in [5.41, 5.74) is 20.0.